The normalized spacial score (nSPS) is 16.8. The fraction of sp³-hybridized carbons (Fsp3) is 0.929. The third-order valence-electron chi connectivity index (χ3n) is 3.49. The van der Waals surface area contributed by atoms with Gasteiger partial charge >= 0.3 is 5.97 Å². The Kier molecular flexibility index (Phi) is 4.61. The molecule has 0 amide bonds. The van der Waals surface area contributed by atoms with Gasteiger partial charge in [-0.25, -0.2) is 0 Å². The van der Waals surface area contributed by atoms with Crippen LogP contribution < -0.4 is 0 Å². The molecule has 0 fully saturated rings. The van der Waals surface area contributed by atoms with Gasteiger partial charge in [-0.1, -0.05) is 48.5 Å². The molecule has 0 aliphatic rings. The van der Waals surface area contributed by atoms with E-state index in [1.165, 1.54) is 7.11 Å². The van der Waals surface area contributed by atoms with Gasteiger partial charge in [0, 0.05) is 0 Å². The summed E-state index contributed by atoms with van der Waals surface area (Å²) in [6.07, 6.45) is 1.50. The molecule has 96 valence electrons. The smallest absolute Gasteiger partial charge is 0.306 e. The number of hydrogen-bond donors (Lipinski definition) is 0. The van der Waals surface area contributed by atoms with E-state index in [1.54, 1.807) is 0 Å². The highest BCUT2D eigenvalue weighted by Crippen LogP contribution is 2.48. The molecule has 0 aromatic carbocycles. The van der Waals surface area contributed by atoms with E-state index in [4.69, 9.17) is 4.74 Å². The second kappa shape index (κ2) is 4.77. The Bertz CT molecular complexity index is 242. The number of methoxy groups -OCH3 is 1. The Hall–Kier alpha value is -0.530. The Morgan fingerprint density at radius 2 is 1.44 bits per heavy atom. The van der Waals surface area contributed by atoms with Crippen molar-refractivity contribution in [3.8, 4) is 0 Å². The number of esters is 1. The Morgan fingerprint density at radius 3 is 1.69 bits per heavy atom. The molecule has 0 N–H and O–H groups in total. The minimum Gasteiger partial charge on any atom is -0.469 e. The average molecular weight is 228 g/mol. The van der Waals surface area contributed by atoms with Crippen LogP contribution in [0.2, 0.25) is 0 Å². The standard InChI is InChI=1S/C14H28O2/c1-12(2,3)10-14(7,13(4,5)6)9-11(15)16-8/h9-10H2,1-8H3. The third-order valence-corrected chi connectivity index (χ3v) is 3.49. The maximum absolute atomic E-state index is 11.5. The summed E-state index contributed by atoms with van der Waals surface area (Å²) in [7, 11) is 1.46. The first kappa shape index (κ1) is 15.5. The first-order valence-electron chi connectivity index (χ1n) is 5.98. The molecule has 0 aromatic rings. The summed E-state index contributed by atoms with van der Waals surface area (Å²) in [5.74, 6) is -0.110. The van der Waals surface area contributed by atoms with E-state index in [-0.39, 0.29) is 22.2 Å². The molecule has 0 radical (unpaired) electrons. The zero-order chi connectivity index (χ0) is 13.2. The van der Waals surface area contributed by atoms with Gasteiger partial charge in [0.05, 0.1) is 13.5 Å². The van der Waals surface area contributed by atoms with Crippen LogP contribution in [0.4, 0.5) is 0 Å². The van der Waals surface area contributed by atoms with E-state index in [9.17, 15) is 4.79 Å². The molecule has 0 aromatic heterocycles. The largest absolute Gasteiger partial charge is 0.469 e. The summed E-state index contributed by atoms with van der Waals surface area (Å²) in [5.41, 5.74) is 0.281. The maximum atomic E-state index is 11.5. The first-order chi connectivity index (χ1) is 6.91. The van der Waals surface area contributed by atoms with Crippen molar-refractivity contribution in [2.24, 2.45) is 16.2 Å². The monoisotopic (exact) mass is 228 g/mol. The fourth-order valence-electron chi connectivity index (χ4n) is 2.15. The van der Waals surface area contributed by atoms with Crippen molar-refractivity contribution in [3.05, 3.63) is 0 Å². The van der Waals surface area contributed by atoms with Gasteiger partial charge in [0.25, 0.3) is 0 Å². The maximum Gasteiger partial charge on any atom is 0.306 e. The van der Waals surface area contributed by atoms with E-state index >= 15 is 0 Å². The average Bonchev–Trinajstić information content (AvgIpc) is 1.98. The predicted molar refractivity (Wildman–Crippen MR) is 68.3 cm³/mol. The van der Waals surface area contributed by atoms with Crippen LogP contribution in [0.15, 0.2) is 0 Å². The van der Waals surface area contributed by atoms with Gasteiger partial charge in [-0.15, -0.1) is 0 Å². The Balaban J connectivity index is 4.98. The quantitative estimate of drug-likeness (QED) is 0.681. The molecule has 1 atom stereocenters. The highest BCUT2D eigenvalue weighted by Gasteiger charge is 2.42. The minimum absolute atomic E-state index is 0.0294. The van der Waals surface area contributed by atoms with Gasteiger partial charge in [-0.3, -0.25) is 4.79 Å². The summed E-state index contributed by atoms with van der Waals surface area (Å²) < 4.78 is 4.82. The molecule has 0 rings (SSSR count). The molecule has 0 saturated carbocycles. The molecule has 0 spiro atoms. The van der Waals surface area contributed by atoms with Crippen LogP contribution in [0.5, 0.6) is 0 Å². The van der Waals surface area contributed by atoms with E-state index in [0.29, 0.717) is 6.42 Å². The Morgan fingerprint density at radius 1 is 1.00 bits per heavy atom. The highest BCUT2D eigenvalue weighted by molar-refractivity contribution is 5.70. The summed E-state index contributed by atoms with van der Waals surface area (Å²) in [4.78, 5) is 11.5. The van der Waals surface area contributed by atoms with Crippen molar-refractivity contribution in [1.29, 1.82) is 0 Å². The first-order valence-corrected chi connectivity index (χ1v) is 5.98. The van der Waals surface area contributed by atoms with E-state index < -0.39 is 0 Å². The van der Waals surface area contributed by atoms with Crippen LogP contribution >= 0.6 is 0 Å². The lowest BCUT2D eigenvalue weighted by molar-refractivity contribution is -0.146. The zero-order valence-corrected chi connectivity index (χ0v) is 12.2. The number of ether oxygens (including phenoxy) is 1. The Labute approximate surface area is 101 Å². The second-order valence-electron chi connectivity index (χ2n) is 7.30. The van der Waals surface area contributed by atoms with E-state index in [2.05, 4.69) is 48.5 Å². The van der Waals surface area contributed by atoms with Gasteiger partial charge in [-0.05, 0) is 22.7 Å². The van der Waals surface area contributed by atoms with Gasteiger partial charge in [0.2, 0.25) is 0 Å². The molecule has 0 saturated heterocycles. The SMILES string of the molecule is COC(=O)CC(C)(CC(C)(C)C)C(C)(C)C. The van der Waals surface area contributed by atoms with Gasteiger partial charge in [-0.2, -0.15) is 0 Å². The molecular weight excluding hydrogens is 200 g/mol. The number of carbonyl (C=O) groups is 1. The second-order valence-corrected chi connectivity index (χ2v) is 7.30. The fourth-order valence-corrected chi connectivity index (χ4v) is 2.15. The predicted octanol–water partition coefficient (Wildman–Crippen LogP) is 4.04. The molecule has 0 aliphatic heterocycles. The van der Waals surface area contributed by atoms with Crippen molar-refractivity contribution >= 4 is 5.97 Å². The van der Waals surface area contributed by atoms with Crippen LogP contribution in [-0.4, -0.2) is 13.1 Å². The van der Waals surface area contributed by atoms with Gasteiger partial charge in [0.15, 0.2) is 0 Å². The minimum atomic E-state index is -0.110. The van der Waals surface area contributed by atoms with Gasteiger partial charge < -0.3 is 4.74 Å². The van der Waals surface area contributed by atoms with Crippen LogP contribution in [0.25, 0.3) is 0 Å². The van der Waals surface area contributed by atoms with Crippen LogP contribution in [0, 0.1) is 16.2 Å². The van der Waals surface area contributed by atoms with Crippen LogP contribution in [-0.2, 0) is 9.53 Å². The molecule has 16 heavy (non-hydrogen) atoms. The molecule has 2 heteroatoms. The number of rotatable bonds is 3. The molecule has 1 unspecified atom stereocenters. The number of carbonyl (C=O) groups excluding carboxylic acids is 1. The zero-order valence-electron chi connectivity index (χ0n) is 12.2. The highest BCUT2D eigenvalue weighted by atomic mass is 16.5. The summed E-state index contributed by atoms with van der Waals surface area (Å²) in [6, 6.07) is 0. The molecule has 0 heterocycles. The lowest BCUT2D eigenvalue weighted by Crippen LogP contribution is -2.38. The van der Waals surface area contributed by atoms with Crippen molar-refractivity contribution in [3.63, 3.8) is 0 Å². The lowest BCUT2D eigenvalue weighted by atomic mass is 9.60. The van der Waals surface area contributed by atoms with Gasteiger partial charge in [0.1, 0.15) is 0 Å². The molecule has 0 aliphatic carbocycles. The van der Waals surface area contributed by atoms with Crippen molar-refractivity contribution in [1.82, 2.24) is 0 Å². The molecular formula is C14H28O2. The van der Waals surface area contributed by atoms with Crippen molar-refractivity contribution in [2.75, 3.05) is 7.11 Å². The summed E-state index contributed by atoms with van der Waals surface area (Å²) >= 11 is 0. The van der Waals surface area contributed by atoms with E-state index in [1.807, 2.05) is 0 Å². The molecule has 2 nitrogen and oxygen atoms in total. The van der Waals surface area contributed by atoms with Crippen LogP contribution in [0.1, 0.15) is 61.3 Å². The lowest BCUT2D eigenvalue weighted by Gasteiger charge is -2.45. The third kappa shape index (κ3) is 4.54. The van der Waals surface area contributed by atoms with Crippen molar-refractivity contribution < 1.29 is 9.53 Å². The van der Waals surface area contributed by atoms with E-state index in [0.717, 1.165) is 6.42 Å². The van der Waals surface area contributed by atoms with Crippen molar-refractivity contribution in [2.45, 2.75) is 61.3 Å². The summed E-state index contributed by atoms with van der Waals surface area (Å²) in [6.45, 7) is 15.4. The summed E-state index contributed by atoms with van der Waals surface area (Å²) in [5, 5.41) is 0. The van der Waals surface area contributed by atoms with Crippen LogP contribution in [0.3, 0.4) is 0 Å². The topological polar surface area (TPSA) is 26.3 Å². The molecule has 0 bridgehead atoms. The number of hydrogen-bond acceptors (Lipinski definition) is 2.